The fourth-order valence-corrected chi connectivity index (χ4v) is 4.95. The molecule has 2 heterocycles. The maximum absolute atomic E-state index is 13.3. The minimum atomic E-state index is -0.771. The first-order chi connectivity index (χ1) is 17.9. The second-order valence-electron chi connectivity index (χ2n) is 9.10. The van der Waals surface area contributed by atoms with Gasteiger partial charge in [-0.2, -0.15) is 0 Å². The van der Waals surface area contributed by atoms with Crippen LogP contribution in [0, 0.1) is 6.92 Å². The molecule has 1 amide bonds. The normalized spacial score (nSPS) is 19.8. The molecule has 1 unspecified atom stereocenters. The quantitative estimate of drug-likeness (QED) is 0.312. The molecule has 198 valence electrons. The molecule has 0 aromatic heterocycles. The van der Waals surface area contributed by atoms with E-state index in [0.29, 0.717) is 54.6 Å². The number of likely N-dealkylation sites (tertiary alicyclic amines) is 1. The molecule has 2 saturated heterocycles. The molecule has 37 heavy (non-hydrogen) atoms. The highest BCUT2D eigenvalue weighted by atomic mass is 16.5. The van der Waals surface area contributed by atoms with E-state index in [1.165, 1.54) is 7.11 Å². The fourth-order valence-electron chi connectivity index (χ4n) is 4.95. The second-order valence-corrected chi connectivity index (χ2v) is 9.10. The zero-order valence-corrected chi connectivity index (χ0v) is 21.8. The summed E-state index contributed by atoms with van der Waals surface area (Å²) in [6.45, 7) is 6.06. The molecule has 2 fully saturated rings. The molecule has 2 aromatic carbocycles. The minimum Gasteiger partial charge on any atom is -0.507 e. The predicted molar refractivity (Wildman–Crippen MR) is 138 cm³/mol. The lowest BCUT2D eigenvalue weighted by Gasteiger charge is -2.29. The summed E-state index contributed by atoms with van der Waals surface area (Å²) in [6, 6.07) is 9.65. The van der Waals surface area contributed by atoms with Crippen LogP contribution in [0.1, 0.15) is 29.2 Å². The number of ketones is 1. The van der Waals surface area contributed by atoms with Crippen LogP contribution in [0.25, 0.3) is 5.76 Å². The Bertz CT molecular complexity index is 1190. The number of amides is 1. The summed E-state index contributed by atoms with van der Waals surface area (Å²) < 4.78 is 21.6. The smallest absolute Gasteiger partial charge is 0.295 e. The van der Waals surface area contributed by atoms with E-state index in [1.54, 1.807) is 55.5 Å². The first-order valence-corrected chi connectivity index (χ1v) is 12.3. The molecule has 0 aliphatic carbocycles. The van der Waals surface area contributed by atoms with E-state index in [-0.39, 0.29) is 11.3 Å². The van der Waals surface area contributed by atoms with Crippen LogP contribution in [0.5, 0.6) is 17.2 Å². The molecule has 0 radical (unpaired) electrons. The minimum absolute atomic E-state index is 0.0492. The molecule has 4 rings (SSSR count). The number of aliphatic hydroxyl groups is 1. The van der Waals surface area contributed by atoms with Gasteiger partial charge in [0.2, 0.25) is 0 Å². The fraction of sp³-hybridized carbons (Fsp3) is 0.429. The van der Waals surface area contributed by atoms with Crippen LogP contribution in [0.2, 0.25) is 0 Å². The summed E-state index contributed by atoms with van der Waals surface area (Å²) in [5.41, 5.74) is 1.94. The van der Waals surface area contributed by atoms with Gasteiger partial charge in [-0.05, 0) is 54.8 Å². The summed E-state index contributed by atoms with van der Waals surface area (Å²) >= 11 is 0. The number of carbonyl (C=O) groups excluding carboxylic acids is 2. The highest BCUT2D eigenvalue weighted by molar-refractivity contribution is 6.46. The first-order valence-electron chi connectivity index (χ1n) is 12.3. The number of nitrogens with zero attached hydrogens (tertiary/aromatic N) is 2. The molecule has 9 nitrogen and oxygen atoms in total. The zero-order chi connectivity index (χ0) is 26.5. The van der Waals surface area contributed by atoms with Gasteiger partial charge in [0.15, 0.2) is 11.5 Å². The van der Waals surface area contributed by atoms with Gasteiger partial charge in [-0.3, -0.25) is 14.5 Å². The predicted octanol–water partition coefficient (Wildman–Crippen LogP) is 3.16. The van der Waals surface area contributed by atoms with Gasteiger partial charge < -0.3 is 29.0 Å². The number of carbonyl (C=O) groups is 2. The number of hydrogen-bond acceptors (Lipinski definition) is 8. The van der Waals surface area contributed by atoms with Crippen molar-refractivity contribution in [3.8, 4) is 17.2 Å². The summed E-state index contributed by atoms with van der Waals surface area (Å²) in [5, 5.41) is 11.4. The van der Waals surface area contributed by atoms with Crippen molar-refractivity contribution in [2.75, 3.05) is 60.7 Å². The Labute approximate surface area is 217 Å². The van der Waals surface area contributed by atoms with Crippen molar-refractivity contribution in [1.29, 1.82) is 0 Å². The largest absolute Gasteiger partial charge is 0.507 e. The highest BCUT2D eigenvalue weighted by Gasteiger charge is 2.46. The monoisotopic (exact) mass is 510 g/mol. The number of aryl methyl sites for hydroxylation is 1. The Hall–Kier alpha value is -3.56. The third-order valence-electron chi connectivity index (χ3n) is 6.91. The number of morpholine rings is 1. The van der Waals surface area contributed by atoms with E-state index in [9.17, 15) is 14.7 Å². The SMILES string of the molecule is COc1ccc(/C(O)=C2/C(=O)C(=O)N(CCCN3CCOCC3)C2c2ccc(OC)c(OC)c2)cc1C. The molecule has 2 aromatic rings. The summed E-state index contributed by atoms with van der Waals surface area (Å²) in [5.74, 6) is 0.0993. The van der Waals surface area contributed by atoms with Gasteiger partial charge in [0.1, 0.15) is 11.5 Å². The molecular weight excluding hydrogens is 476 g/mol. The van der Waals surface area contributed by atoms with E-state index >= 15 is 0 Å². The Kier molecular flexibility index (Phi) is 8.35. The summed E-state index contributed by atoms with van der Waals surface area (Å²) in [6.07, 6.45) is 0.679. The molecule has 0 spiro atoms. The molecule has 2 aliphatic heterocycles. The van der Waals surface area contributed by atoms with Crippen molar-refractivity contribution < 1.29 is 33.6 Å². The van der Waals surface area contributed by atoms with E-state index in [4.69, 9.17) is 18.9 Å². The van der Waals surface area contributed by atoms with Gasteiger partial charge >= 0.3 is 0 Å². The van der Waals surface area contributed by atoms with Gasteiger partial charge in [-0.1, -0.05) is 6.07 Å². The van der Waals surface area contributed by atoms with Gasteiger partial charge in [0.05, 0.1) is 46.2 Å². The van der Waals surface area contributed by atoms with Crippen LogP contribution in [-0.2, 0) is 14.3 Å². The first kappa shape index (κ1) is 26.5. The van der Waals surface area contributed by atoms with Crippen molar-refractivity contribution in [2.24, 2.45) is 0 Å². The molecule has 0 saturated carbocycles. The van der Waals surface area contributed by atoms with E-state index in [2.05, 4.69) is 4.90 Å². The van der Waals surface area contributed by atoms with Crippen LogP contribution in [0.4, 0.5) is 0 Å². The van der Waals surface area contributed by atoms with Crippen LogP contribution in [0.3, 0.4) is 0 Å². The van der Waals surface area contributed by atoms with Gasteiger partial charge in [0.25, 0.3) is 11.7 Å². The van der Waals surface area contributed by atoms with Crippen molar-refractivity contribution in [1.82, 2.24) is 9.80 Å². The number of ether oxygens (including phenoxy) is 4. The van der Waals surface area contributed by atoms with Crippen LogP contribution in [0.15, 0.2) is 42.0 Å². The van der Waals surface area contributed by atoms with Crippen LogP contribution < -0.4 is 14.2 Å². The lowest BCUT2D eigenvalue weighted by Crippen LogP contribution is -2.38. The maximum Gasteiger partial charge on any atom is 0.295 e. The van der Waals surface area contributed by atoms with Crippen LogP contribution >= 0.6 is 0 Å². The lowest BCUT2D eigenvalue weighted by molar-refractivity contribution is -0.140. The van der Waals surface area contributed by atoms with Crippen molar-refractivity contribution in [3.63, 3.8) is 0 Å². The second kappa shape index (κ2) is 11.7. The van der Waals surface area contributed by atoms with Crippen LogP contribution in [-0.4, -0.2) is 87.3 Å². The Morgan fingerprint density at radius 1 is 0.946 bits per heavy atom. The van der Waals surface area contributed by atoms with Crippen molar-refractivity contribution in [3.05, 3.63) is 58.7 Å². The topological polar surface area (TPSA) is 97.8 Å². The average molecular weight is 511 g/mol. The number of benzene rings is 2. The summed E-state index contributed by atoms with van der Waals surface area (Å²) in [4.78, 5) is 30.5. The average Bonchev–Trinajstić information content (AvgIpc) is 3.17. The number of methoxy groups -OCH3 is 3. The molecular formula is C28H34N2O7. The van der Waals surface area contributed by atoms with E-state index < -0.39 is 17.7 Å². The summed E-state index contributed by atoms with van der Waals surface area (Å²) in [7, 11) is 4.64. The Morgan fingerprint density at radius 2 is 1.62 bits per heavy atom. The van der Waals surface area contributed by atoms with Crippen molar-refractivity contribution in [2.45, 2.75) is 19.4 Å². The third kappa shape index (κ3) is 5.42. The zero-order valence-electron chi connectivity index (χ0n) is 21.8. The van der Waals surface area contributed by atoms with E-state index in [1.807, 2.05) is 6.92 Å². The van der Waals surface area contributed by atoms with E-state index in [0.717, 1.165) is 25.2 Å². The number of Topliss-reactive ketones (excluding diaryl/α,β-unsaturated/α-hetero) is 1. The van der Waals surface area contributed by atoms with Gasteiger partial charge in [-0.25, -0.2) is 0 Å². The number of rotatable bonds is 9. The molecule has 1 N–H and O–H groups in total. The van der Waals surface area contributed by atoms with Gasteiger partial charge in [-0.15, -0.1) is 0 Å². The third-order valence-corrected chi connectivity index (χ3v) is 6.91. The number of hydrogen-bond donors (Lipinski definition) is 1. The standard InChI is InChI=1S/C28H34N2O7/c1-18-16-20(7-8-21(18)34-2)26(31)24-25(19-6-9-22(35-3)23(17-19)36-4)30(28(33)27(24)32)11-5-10-29-12-14-37-15-13-29/h6-9,16-17,25,31H,5,10-15H2,1-4H3/b26-24-. The molecule has 9 heteroatoms. The lowest BCUT2D eigenvalue weighted by atomic mass is 9.94. The maximum atomic E-state index is 13.3. The molecule has 2 aliphatic rings. The number of aliphatic hydroxyl groups excluding tert-OH is 1. The molecule has 0 bridgehead atoms. The van der Waals surface area contributed by atoms with Crippen molar-refractivity contribution >= 4 is 17.4 Å². The Balaban J connectivity index is 1.74. The Morgan fingerprint density at radius 3 is 2.27 bits per heavy atom. The molecule has 1 atom stereocenters. The highest BCUT2D eigenvalue weighted by Crippen LogP contribution is 2.42. The van der Waals surface area contributed by atoms with Gasteiger partial charge in [0, 0.05) is 31.7 Å².